The zero-order valence-corrected chi connectivity index (χ0v) is 11.0. The van der Waals surface area contributed by atoms with Crippen molar-refractivity contribution in [2.75, 3.05) is 19.6 Å². The van der Waals surface area contributed by atoms with Crippen molar-refractivity contribution in [3.63, 3.8) is 0 Å². The van der Waals surface area contributed by atoms with E-state index in [1.807, 2.05) is 18.2 Å². The van der Waals surface area contributed by atoms with Crippen LogP contribution in [0.2, 0.25) is 0 Å². The Morgan fingerprint density at radius 2 is 2.06 bits per heavy atom. The standard InChI is InChI=1S/C15H21NO2/c1-13(8-11-16-9-4-5-10-16)18-15-7-3-2-6-14(15)12-17/h2-3,6-7,12-13H,4-5,8-11H2,1H3. The van der Waals surface area contributed by atoms with Crippen LogP contribution in [0, 0.1) is 0 Å². The van der Waals surface area contributed by atoms with Crippen molar-refractivity contribution in [3.05, 3.63) is 29.8 Å². The summed E-state index contributed by atoms with van der Waals surface area (Å²) in [7, 11) is 0. The maximum absolute atomic E-state index is 10.9. The molecule has 98 valence electrons. The van der Waals surface area contributed by atoms with Crippen molar-refractivity contribution < 1.29 is 9.53 Å². The van der Waals surface area contributed by atoms with Gasteiger partial charge in [0.25, 0.3) is 0 Å². The highest BCUT2D eigenvalue weighted by molar-refractivity contribution is 5.79. The summed E-state index contributed by atoms with van der Waals surface area (Å²) in [6.07, 6.45) is 4.65. The van der Waals surface area contributed by atoms with Gasteiger partial charge >= 0.3 is 0 Å². The zero-order chi connectivity index (χ0) is 12.8. The molecule has 3 heteroatoms. The highest BCUT2D eigenvalue weighted by atomic mass is 16.5. The Morgan fingerprint density at radius 1 is 1.33 bits per heavy atom. The second-order valence-electron chi connectivity index (χ2n) is 4.92. The molecule has 1 atom stereocenters. The summed E-state index contributed by atoms with van der Waals surface area (Å²) in [5, 5.41) is 0. The van der Waals surface area contributed by atoms with E-state index in [0.29, 0.717) is 11.3 Å². The van der Waals surface area contributed by atoms with Crippen molar-refractivity contribution in [3.8, 4) is 5.75 Å². The topological polar surface area (TPSA) is 29.5 Å². The van der Waals surface area contributed by atoms with E-state index in [0.717, 1.165) is 19.3 Å². The van der Waals surface area contributed by atoms with Crippen LogP contribution in [0.5, 0.6) is 5.75 Å². The molecule has 1 aromatic rings. The van der Waals surface area contributed by atoms with E-state index in [4.69, 9.17) is 4.74 Å². The third-order valence-corrected chi connectivity index (χ3v) is 3.42. The molecule has 1 heterocycles. The second-order valence-corrected chi connectivity index (χ2v) is 4.92. The summed E-state index contributed by atoms with van der Waals surface area (Å²) >= 11 is 0. The highest BCUT2D eigenvalue weighted by Gasteiger charge is 2.13. The van der Waals surface area contributed by atoms with E-state index in [9.17, 15) is 4.79 Å². The largest absolute Gasteiger partial charge is 0.490 e. The molecule has 0 amide bonds. The van der Waals surface area contributed by atoms with Gasteiger partial charge in [0.1, 0.15) is 5.75 Å². The molecule has 0 bridgehead atoms. The number of aldehydes is 1. The molecule has 3 nitrogen and oxygen atoms in total. The minimum absolute atomic E-state index is 0.145. The van der Waals surface area contributed by atoms with E-state index in [1.165, 1.54) is 25.9 Å². The van der Waals surface area contributed by atoms with Gasteiger partial charge in [-0.05, 0) is 51.4 Å². The van der Waals surface area contributed by atoms with Crippen LogP contribution in [-0.2, 0) is 0 Å². The van der Waals surface area contributed by atoms with Gasteiger partial charge in [-0.25, -0.2) is 0 Å². The minimum Gasteiger partial charge on any atom is -0.490 e. The maximum atomic E-state index is 10.9. The van der Waals surface area contributed by atoms with E-state index >= 15 is 0 Å². The van der Waals surface area contributed by atoms with E-state index < -0.39 is 0 Å². The van der Waals surface area contributed by atoms with Crippen molar-refractivity contribution in [2.24, 2.45) is 0 Å². The van der Waals surface area contributed by atoms with Crippen LogP contribution >= 0.6 is 0 Å². The van der Waals surface area contributed by atoms with Crippen LogP contribution in [0.15, 0.2) is 24.3 Å². The molecule has 0 saturated carbocycles. The molecule has 18 heavy (non-hydrogen) atoms. The van der Waals surface area contributed by atoms with Gasteiger partial charge in [0.15, 0.2) is 6.29 Å². The van der Waals surface area contributed by atoms with Gasteiger partial charge in [-0.15, -0.1) is 0 Å². The normalized spacial score (nSPS) is 17.6. The highest BCUT2D eigenvalue weighted by Crippen LogP contribution is 2.18. The summed E-state index contributed by atoms with van der Waals surface area (Å²) in [5.74, 6) is 0.696. The van der Waals surface area contributed by atoms with Crippen LogP contribution in [0.1, 0.15) is 36.5 Å². The Hall–Kier alpha value is -1.35. The number of carbonyl (C=O) groups is 1. The lowest BCUT2D eigenvalue weighted by Gasteiger charge is -2.20. The first-order valence-electron chi connectivity index (χ1n) is 6.73. The van der Waals surface area contributed by atoms with Crippen LogP contribution in [0.25, 0.3) is 0 Å². The third kappa shape index (κ3) is 3.57. The number of carbonyl (C=O) groups excluding carboxylic acids is 1. The van der Waals surface area contributed by atoms with E-state index in [-0.39, 0.29) is 6.10 Å². The quantitative estimate of drug-likeness (QED) is 0.724. The third-order valence-electron chi connectivity index (χ3n) is 3.42. The fraction of sp³-hybridized carbons (Fsp3) is 0.533. The lowest BCUT2D eigenvalue weighted by Crippen LogP contribution is -2.25. The molecule has 1 aliphatic heterocycles. The first-order chi connectivity index (χ1) is 8.79. The van der Waals surface area contributed by atoms with Gasteiger partial charge < -0.3 is 9.64 Å². The number of ether oxygens (including phenoxy) is 1. The molecule has 0 spiro atoms. The molecule has 1 saturated heterocycles. The van der Waals surface area contributed by atoms with Gasteiger partial charge in [-0.1, -0.05) is 12.1 Å². The maximum Gasteiger partial charge on any atom is 0.153 e. The average molecular weight is 247 g/mol. The molecular weight excluding hydrogens is 226 g/mol. The Bertz CT molecular complexity index is 386. The van der Waals surface area contributed by atoms with Crippen LogP contribution in [0.4, 0.5) is 0 Å². The van der Waals surface area contributed by atoms with Gasteiger partial charge in [0, 0.05) is 6.54 Å². The molecule has 0 aromatic heterocycles. The average Bonchev–Trinajstić information content (AvgIpc) is 2.90. The number of likely N-dealkylation sites (tertiary alicyclic amines) is 1. The van der Waals surface area contributed by atoms with Gasteiger partial charge in [-0.2, -0.15) is 0 Å². The van der Waals surface area contributed by atoms with Crippen molar-refractivity contribution in [1.29, 1.82) is 0 Å². The Labute approximate surface area is 109 Å². The fourth-order valence-corrected chi connectivity index (χ4v) is 2.33. The molecule has 1 aromatic carbocycles. The van der Waals surface area contributed by atoms with Crippen molar-refractivity contribution in [2.45, 2.75) is 32.3 Å². The van der Waals surface area contributed by atoms with Gasteiger partial charge in [-0.3, -0.25) is 4.79 Å². The van der Waals surface area contributed by atoms with Crippen LogP contribution in [0.3, 0.4) is 0 Å². The van der Waals surface area contributed by atoms with Crippen LogP contribution in [-0.4, -0.2) is 36.9 Å². The SMILES string of the molecule is CC(CCN1CCCC1)Oc1ccccc1C=O. The molecular formula is C15H21NO2. The Balaban J connectivity index is 1.82. The predicted octanol–water partition coefficient (Wildman–Crippen LogP) is 2.75. The number of hydrogen-bond acceptors (Lipinski definition) is 3. The summed E-state index contributed by atoms with van der Waals surface area (Å²) in [5.41, 5.74) is 0.630. The number of rotatable bonds is 6. The van der Waals surface area contributed by atoms with Gasteiger partial charge in [0.2, 0.25) is 0 Å². The van der Waals surface area contributed by atoms with Crippen LogP contribution < -0.4 is 4.74 Å². The number of benzene rings is 1. The van der Waals surface area contributed by atoms with Crippen molar-refractivity contribution >= 4 is 6.29 Å². The van der Waals surface area contributed by atoms with Crippen molar-refractivity contribution in [1.82, 2.24) is 4.90 Å². The molecule has 1 unspecified atom stereocenters. The number of nitrogens with zero attached hydrogens (tertiary/aromatic N) is 1. The molecule has 0 N–H and O–H groups in total. The van der Waals surface area contributed by atoms with E-state index in [1.54, 1.807) is 6.07 Å². The Kier molecular flexibility index (Phi) is 4.76. The second kappa shape index (κ2) is 6.55. The first kappa shape index (κ1) is 13.1. The molecule has 1 fully saturated rings. The van der Waals surface area contributed by atoms with Gasteiger partial charge in [0.05, 0.1) is 11.7 Å². The monoisotopic (exact) mass is 247 g/mol. The number of hydrogen-bond donors (Lipinski definition) is 0. The Morgan fingerprint density at radius 3 is 2.78 bits per heavy atom. The van der Waals surface area contributed by atoms with E-state index in [2.05, 4.69) is 11.8 Å². The first-order valence-corrected chi connectivity index (χ1v) is 6.73. The summed E-state index contributed by atoms with van der Waals surface area (Å²) in [6, 6.07) is 7.40. The summed E-state index contributed by atoms with van der Waals surface area (Å²) in [4.78, 5) is 13.4. The molecule has 1 aliphatic rings. The number of para-hydroxylation sites is 1. The summed E-state index contributed by atoms with van der Waals surface area (Å²) < 4.78 is 5.84. The molecule has 0 aliphatic carbocycles. The smallest absolute Gasteiger partial charge is 0.153 e. The fourth-order valence-electron chi connectivity index (χ4n) is 2.33. The summed E-state index contributed by atoms with van der Waals surface area (Å²) in [6.45, 7) is 5.59. The lowest BCUT2D eigenvalue weighted by molar-refractivity contribution is 0.111. The predicted molar refractivity (Wildman–Crippen MR) is 72.2 cm³/mol. The molecule has 2 rings (SSSR count). The zero-order valence-electron chi connectivity index (χ0n) is 11.0. The lowest BCUT2D eigenvalue weighted by atomic mass is 10.2. The minimum atomic E-state index is 0.145. The molecule has 0 radical (unpaired) electrons.